The third-order valence-electron chi connectivity index (χ3n) is 6.25. The lowest BCUT2D eigenvalue weighted by atomic mass is 9.93. The highest BCUT2D eigenvalue weighted by atomic mass is 27.2. The van der Waals surface area contributed by atoms with Crippen LogP contribution in [0.3, 0.4) is 0 Å². The van der Waals surface area contributed by atoms with E-state index in [0.29, 0.717) is 17.8 Å². The van der Waals surface area contributed by atoms with Gasteiger partial charge in [-0.2, -0.15) is 0 Å². The zero-order chi connectivity index (χ0) is 24.0. The van der Waals surface area contributed by atoms with Crippen LogP contribution in [0.15, 0.2) is 71.7 Å². The molecular formula is C30H39AlN2. The predicted molar refractivity (Wildman–Crippen MR) is 148 cm³/mol. The summed E-state index contributed by atoms with van der Waals surface area (Å²) in [7, 11) is 0. The molecule has 2 nitrogen and oxygen atoms in total. The molecule has 3 aromatic rings. The van der Waals surface area contributed by atoms with Crippen molar-refractivity contribution in [2.24, 2.45) is 4.99 Å². The summed E-state index contributed by atoms with van der Waals surface area (Å²) in [6.07, 6.45) is 2.05. The van der Waals surface area contributed by atoms with Crippen molar-refractivity contribution in [2.75, 3.05) is 4.30 Å². The van der Waals surface area contributed by atoms with Gasteiger partial charge in [-0.1, -0.05) is 114 Å². The van der Waals surface area contributed by atoms with Crippen molar-refractivity contribution in [1.82, 2.24) is 0 Å². The van der Waals surface area contributed by atoms with Gasteiger partial charge in [-0.3, -0.25) is 4.99 Å². The van der Waals surface area contributed by atoms with Gasteiger partial charge in [0, 0.05) is 11.9 Å². The molecule has 0 atom stereocenters. The standard InChI is InChI=1S/C17H18N.C12H18N.CH3.Al/c1-13(2)16-10-6-7-11-17(16)18-12-15-9-5-4-8-14(15)3;1-8(2)10-6-5-7-11(9(3)4)12(10)13;;/h4-13H,3H2,1-2H3;5-9,13H,1-4H3;1H3;/q;-1;;+1. The molecule has 0 aliphatic carbocycles. The molecule has 33 heavy (non-hydrogen) atoms. The SMILES string of the molecule is CC(C)c1ccccc1N=Cc1ccccc1[CH2][Al]([CH3])[NH]c1c(C(C)C)cccc1C(C)C. The topological polar surface area (TPSA) is 24.4 Å². The Labute approximate surface area is 205 Å². The average Bonchev–Trinajstić information content (AvgIpc) is 2.78. The molecule has 0 aromatic heterocycles. The highest BCUT2D eigenvalue weighted by molar-refractivity contribution is 6.60. The van der Waals surface area contributed by atoms with Gasteiger partial charge in [0.25, 0.3) is 0 Å². The minimum absolute atomic E-state index is 0.460. The highest BCUT2D eigenvalue weighted by Crippen LogP contribution is 2.33. The molecule has 0 aliphatic rings. The van der Waals surface area contributed by atoms with Crippen LogP contribution >= 0.6 is 0 Å². The van der Waals surface area contributed by atoms with Gasteiger partial charge < -0.3 is 4.30 Å². The third kappa shape index (κ3) is 6.60. The predicted octanol–water partition coefficient (Wildman–Crippen LogP) is 8.62. The van der Waals surface area contributed by atoms with E-state index >= 15 is 0 Å². The summed E-state index contributed by atoms with van der Waals surface area (Å²) in [6, 6.07) is 24.0. The van der Waals surface area contributed by atoms with Gasteiger partial charge in [-0.15, -0.1) is 0 Å². The van der Waals surface area contributed by atoms with Gasteiger partial charge in [-0.25, -0.2) is 0 Å². The Morgan fingerprint density at radius 2 is 1.27 bits per heavy atom. The monoisotopic (exact) mass is 454 g/mol. The fourth-order valence-corrected chi connectivity index (χ4v) is 6.38. The molecular weight excluding hydrogens is 415 g/mol. The van der Waals surface area contributed by atoms with Crippen LogP contribution in [0.1, 0.15) is 87.1 Å². The van der Waals surface area contributed by atoms with Crippen LogP contribution in [0.2, 0.25) is 5.79 Å². The van der Waals surface area contributed by atoms with Crippen molar-refractivity contribution >= 4 is 32.0 Å². The van der Waals surface area contributed by atoms with Crippen LogP contribution < -0.4 is 4.30 Å². The summed E-state index contributed by atoms with van der Waals surface area (Å²) >= 11 is -1.26. The van der Waals surface area contributed by atoms with E-state index in [-0.39, 0.29) is 0 Å². The van der Waals surface area contributed by atoms with Crippen molar-refractivity contribution in [1.29, 1.82) is 0 Å². The smallest absolute Gasteiger partial charge is 0.412 e. The first-order valence-electron chi connectivity index (χ1n) is 12.4. The Balaban J connectivity index is 1.84. The maximum absolute atomic E-state index is 4.89. The van der Waals surface area contributed by atoms with E-state index in [9.17, 15) is 0 Å². The molecule has 3 heteroatoms. The Morgan fingerprint density at radius 3 is 1.91 bits per heavy atom. The molecule has 3 aromatic carbocycles. The second kappa shape index (κ2) is 11.7. The zero-order valence-corrected chi connectivity index (χ0v) is 22.5. The van der Waals surface area contributed by atoms with Crippen molar-refractivity contribution in [3.05, 3.63) is 94.5 Å². The van der Waals surface area contributed by atoms with Gasteiger partial charge in [-0.05, 0) is 51.4 Å². The van der Waals surface area contributed by atoms with Gasteiger partial charge >= 0.3 is 14.4 Å². The lowest BCUT2D eigenvalue weighted by Crippen LogP contribution is -2.26. The van der Waals surface area contributed by atoms with Crippen LogP contribution in [0.4, 0.5) is 11.4 Å². The number of para-hydroxylation sites is 2. The number of benzene rings is 3. The molecule has 0 radical (unpaired) electrons. The summed E-state index contributed by atoms with van der Waals surface area (Å²) in [6.45, 7) is 13.6. The normalized spacial score (nSPS) is 11.7. The zero-order valence-electron chi connectivity index (χ0n) is 21.4. The van der Waals surface area contributed by atoms with Crippen LogP contribution in [0.25, 0.3) is 0 Å². The first kappa shape index (κ1) is 25.3. The third-order valence-corrected chi connectivity index (χ3v) is 8.08. The van der Waals surface area contributed by atoms with Gasteiger partial charge in [0.15, 0.2) is 0 Å². The molecule has 172 valence electrons. The average molecular weight is 455 g/mol. The number of nitrogens with zero attached hydrogens (tertiary/aromatic N) is 1. The maximum Gasteiger partial charge on any atom is 0.412 e. The van der Waals surface area contributed by atoms with E-state index < -0.39 is 14.4 Å². The minimum atomic E-state index is -1.26. The summed E-state index contributed by atoms with van der Waals surface area (Å²) in [5, 5.41) is 1.08. The quantitative estimate of drug-likeness (QED) is 0.254. The summed E-state index contributed by atoms with van der Waals surface area (Å²) in [5.41, 5.74) is 9.20. The Hall–Kier alpha value is -2.34. The highest BCUT2D eigenvalue weighted by Gasteiger charge is 2.20. The summed E-state index contributed by atoms with van der Waals surface area (Å²) in [4.78, 5) is 4.89. The summed E-state index contributed by atoms with van der Waals surface area (Å²) < 4.78 is 4.01. The van der Waals surface area contributed by atoms with Crippen molar-refractivity contribution in [2.45, 2.75) is 70.4 Å². The van der Waals surface area contributed by atoms with Crippen LogP contribution in [-0.2, 0) is 5.28 Å². The Kier molecular flexibility index (Phi) is 8.96. The molecule has 0 fully saturated rings. The first-order valence-corrected chi connectivity index (χ1v) is 14.9. The lowest BCUT2D eigenvalue weighted by Gasteiger charge is -2.23. The van der Waals surface area contributed by atoms with E-state index in [1.165, 1.54) is 33.5 Å². The molecule has 0 amide bonds. The number of hydrogen-bond donors (Lipinski definition) is 1. The van der Waals surface area contributed by atoms with E-state index in [2.05, 4.69) is 125 Å². The number of anilines is 1. The molecule has 0 aliphatic heterocycles. The van der Waals surface area contributed by atoms with Crippen molar-refractivity contribution in [3.8, 4) is 0 Å². The van der Waals surface area contributed by atoms with E-state index in [1.54, 1.807) is 0 Å². The molecule has 0 heterocycles. The molecule has 0 spiro atoms. The Bertz CT molecular complexity index is 1060. The van der Waals surface area contributed by atoms with Crippen LogP contribution in [0, 0.1) is 0 Å². The molecule has 3 rings (SSSR count). The number of rotatable bonds is 9. The maximum atomic E-state index is 4.89. The second-order valence-corrected chi connectivity index (χ2v) is 12.5. The minimum Gasteiger partial charge on any atom is -0.476 e. The molecule has 0 bridgehead atoms. The molecule has 0 saturated heterocycles. The van der Waals surface area contributed by atoms with Crippen molar-refractivity contribution in [3.63, 3.8) is 0 Å². The second-order valence-electron chi connectivity index (χ2n) is 10.0. The molecule has 0 saturated carbocycles. The van der Waals surface area contributed by atoms with Crippen LogP contribution in [0.5, 0.6) is 0 Å². The van der Waals surface area contributed by atoms with Gasteiger partial charge in [0.1, 0.15) is 0 Å². The Morgan fingerprint density at radius 1 is 0.727 bits per heavy atom. The summed E-state index contributed by atoms with van der Waals surface area (Å²) in [5.74, 6) is 3.89. The van der Waals surface area contributed by atoms with Gasteiger partial charge in [0.2, 0.25) is 0 Å². The van der Waals surface area contributed by atoms with E-state index in [0.717, 1.165) is 11.0 Å². The number of aliphatic imine (C=N–C) groups is 1. The fourth-order valence-electron chi connectivity index (χ4n) is 4.42. The van der Waals surface area contributed by atoms with E-state index in [1.807, 2.05) is 0 Å². The number of nitrogens with one attached hydrogen (secondary N) is 1. The van der Waals surface area contributed by atoms with Gasteiger partial charge in [0.05, 0.1) is 5.69 Å². The fraction of sp³-hybridized carbons (Fsp3) is 0.367. The lowest BCUT2D eigenvalue weighted by molar-refractivity contribution is 0.839. The molecule has 0 unspecified atom stereocenters. The number of hydrogen-bond acceptors (Lipinski definition) is 2. The first-order chi connectivity index (χ1) is 15.8. The largest absolute Gasteiger partial charge is 0.476 e. The molecule has 1 N–H and O–H groups in total. The van der Waals surface area contributed by atoms with E-state index in [4.69, 9.17) is 4.99 Å². The van der Waals surface area contributed by atoms with Crippen LogP contribution in [-0.4, -0.2) is 20.6 Å². The van der Waals surface area contributed by atoms with Crippen molar-refractivity contribution < 1.29 is 0 Å².